The van der Waals surface area contributed by atoms with Crippen molar-refractivity contribution in [3.05, 3.63) is 48.6 Å². The van der Waals surface area contributed by atoms with Gasteiger partial charge in [-0.25, -0.2) is 0 Å². The normalized spacial score (nSPS) is 31.0. The van der Waals surface area contributed by atoms with E-state index >= 15 is 0 Å². The zero-order valence-corrected chi connectivity index (χ0v) is 26.9. The van der Waals surface area contributed by atoms with E-state index in [1.807, 2.05) is 81.2 Å². The minimum atomic E-state index is -1.34. The number of nitrogens with zero attached hydrogens (tertiary/aromatic N) is 3. The molecule has 0 aliphatic carbocycles. The number of carbonyl (C=O) groups excluding carboxylic acids is 3. The Kier molecular flexibility index (Phi) is 9.56. The number of ether oxygens (including phenoxy) is 2. The van der Waals surface area contributed by atoms with Crippen molar-refractivity contribution in [2.75, 3.05) is 37.7 Å². The molecule has 240 valence electrons. The average molecular weight is 608 g/mol. The number of carbonyl (C=O) groups is 3. The van der Waals surface area contributed by atoms with E-state index in [-0.39, 0.29) is 30.2 Å². The minimum Gasteiger partial charge on any atom is -0.494 e. The van der Waals surface area contributed by atoms with E-state index in [9.17, 15) is 19.5 Å². The molecular formula is C35H49N3O6. The molecule has 4 heterocycles. The first kappa shape index (κ1) is 32.2. The molecule has 4 aliphatic heterocycles. The predicted molar refractivity (Wildman–Crippen MR) is 169 cm³/mol. The number of rotatable bonds is 12. The molecule has 1 aromatic rings. The van der Waals surface area contributed by atoms with Crippen LogP contribution in [-0.4, -0.2) is 88.8 Å². The van der Waals surface area contributed by atoms with Crippen LogP contribution in [0, 0.1) is 17.8 Å². The number of benzene rings is 1. The Morgan fingerprint density at radius 2 is 1.68 bits per heavy atom. The summed E-state index contributed by atoms with van der Waals surface area (Å²) >= 11 is 0. The Hall–Kier alpha value is -3.17. The van der Waals surface area contributed by atoms with Crippen LogP contribution >= 0.6 is 0 Å². The number of aliphatic hydroxyl groups excluding tert-OH is 1. The molecule has 44 heavy (non-hydrogen) atoms. The lowest BCUT2D eigenvalue weighted by Gasteiger charge is -2.42. The van der Waals surface area contributed by atoms with Crippen molar-refractivity contribution < 1.29 is 29.0 Å². The minimum absolute atomic E-state index is 0.0607. The molecule has 1 unspecified atom stereocenters. The monoisotopic (exact) mass is 607 g/mol. The molecule has 4 aliphatic rings. The highest BCUT2D eigenvalue weighted by Crippen LogP contribution is 2.59. The van der Waals surface area contributed by atoms with Crippen molar-refractivity contribution >= 4 is 23.4 Å². The topological polar surface area (TPSA) is 99.6 Å². The van der Waals surface area contributed by atoms with Crippen LogP contribution in [0.2, 0.25) is 0 Å². The molecule has 0 aromatic heterocycles. The molecule has 7 atom stereocenters. The summed E-state index contributed by atoms with van der Waals surface area (Å²) in [4.78, 5) is 49.3. The lowest BCUT2D eigenvalue weighted by Crippen LogP contribution is -2.60. The number of anilines is 1. The van der Waals surface area contributed by atoms with Gasteiger partial charge in [-0.3, -0.25) is 14.4 Å². The summed E-state index contributed by atoms with van der Waals surface area (Å²) < 4.78 is 12.7. The third kappa shape index (κ3) is 5.15. The van der Waals surface area contributed by atoms with E-state index in [1.54, 1.807) is 9.80 Å². The molecule has 1 aromatic carbocycles. The Labute approximate surface area is 261 Å². The van der Waals surface area contributed by atoms with Crippen molar-refractivity contribution in [3.63, 3.8) is 0 Å². The highest BCUT2D eigenvalue weighted by atomic mass is 16.5. The van der Waals surface area contributed by atoms with Crippen molar-refractivity contribution in [2.24, 2.45) is 17.8 Å². The second-order valence-corrected chi connectivity index (χ2v) is 12.7. The standard InChI is InChI=1S/C35H49N3O6/c1-6-10-11-20-36-21-13-19-35-29(32(41)38(30(35)33(36)42)27(23-39)24(5)7-2)28-31(40)37(22-12-18-34(28,8-3)44-35)25-14-16-26(17-15-25)43-9-4/h12-19,24,27-30,39H,6-11,20-23H2,1-5H3/t24-,27-,28+,29-,30?,34-,35-/m0/s1. The largest absolute Gasteiger partial charge is 0.494 e. The van der Waals surface area contributed by atoms with Gasteiger partial charge < -0.3 is 29.3 Å². The Bertz CT molecular complexity index is 1280. The fourth-order valence-electron chi connectivity index (χ4n) is 7.79. The van der Waals surface area contributed by atoms with E-state index in [4.69, 9.17) is 9.47 Å². The van der Waals surface area contributed by atoms with E-state index in [1.165, 1.54) is 0 Å². The van der Waals surface area contributed by atoms with Gasteiger partial charge >= 0.3 is 0 Å². The zero-order valence-electron chi connectivity index (χ0n) is 26.9. The molecule has 1 N–H and O–H groups in total. The average Bonchev–Trinajstić information content (AvgIpc) is 3.32. The van der Waals surface area contributed by atoms with Gasteiger partial charge in [0.1, 0.15) is 17.4 Å². The van der Waals surface area contributed by atoms with E-state index in [0.29, 0.717) is 38.3 Å². The maximum atomic E-state index is 14.8. The maximum Gasteiger partial charge on any atom is 0.249 e. The summed E-state index contributed by atoms with van der Waals surface area (Å²) in [7, 11) is 0. The summed E-state index contributed by atoms with van der Waals surface area (Å²) in [5.74, 6) is -1.78. The summed E-state index contributed by atoms with van der Waals surface area (Å²) in [5, 5.41) is 10.7. The molecule has 9 heteroatoms. The Morgan fingerprint density at radius 3 is 2.32 bits per heavy atom. The number of likely N-dealkylation sites (tertiary alicyclic amines) is 1. The summed E-state index contributed by atoms with van der Waals surface area (Å²) in [6.07, 6.45) is 11.8. The van der Waals surface area contributed by atoms with Crippen LogP contribution in [0.4, 0.5) is 5.69 Å². The lowest BCUT2D eigenvalue weighted by molar-refractivity contribution is -0.156. The first-order valence-electron chi connectivity index (χ1n) is 16.5. The molecule has 1 spiro atoms. The van der Waals surface area contributed by atoms with E-state index < -0.39 is 35.1 Å². The first-order chi connectivity index (χ1) is 21.2. The van der Waals surface area contributed by atoms with Gasteiger partial charge in [0.2, 0.25) is 17.7 Å². The second-order valence-electron chi connectivity index (χ2n) is 12.7. The SMILES string of the molecule is CCCCCN1CC=C[C@]23O[C@@]4(CC)C=CCN(c5ccc(OCC)cc5)C(=O)[C@H]4[C@H]2C(=O)N([C@@H](CO)[C@@H](C)CC)C3C1=O. The molecule has 0 radical (unpaired) electrons. The first-order valence-corrected chi connectivity index (χ1v) is 16.5. The van der Waals surface area contributed by atoms with Crippen LogP contribution in [0.5, 0.6) is 5.75 Å². The molecule has 2 fully saturated rings. The van der Waals surface area contributed by atoms with Gasteiger partial charge in [-0.05, 0) is 49.9 Å². The van der Waals surface area contributed by atoms with Crippen molar-refractivity contribution in [2.45, 2.75) is 90.0 Å². The number of hydrogen-bond donors (Lipinski definition) is 1. The highest BCUT2D eigenvalue weighted by Gasteiger charge is 2.76. The Balaban J connectivity index is 1.62. The molecular weight excluding hydrogens is 558 g/mol. The van der Waals surface area contributed by atoms with Gasteiger partial charge in [-0.2, -0.15) is 0 Å². The van der Waals surface area contributed by atoms with E-state index in [2.05, 4.69) is 6.92 Å². The van der Waals surface area contributed by atoms with Gasteiger partial charge in [0.05, 0.1) is 36.7 Å². The number of aliphatic hydroxyl groups is 1. The quantitative estimate of drug-likeness (QED) is 0.280. The lowest BCUT2D eigenvalue weighted by atomic mass is 9.73. The summed E-state index contributed by atoms with van der Waals surface area (Å²) in [5.41, 5.74) is -1.69. The second kappa shape index (κ2) is 13.1. The van der Waals surface area contributed by atoms with Gasteiger partial charge in [0.15, 0.2) is 0 Å². The maximum absolute atomic E-state index is 14.8. The van der Waals surface area contributed by atoms with Crippen LogP contribution in [0.3, 0.4) is 0 Å². The van der Waals surface area contributed by atoms with Gasteiger partial charge in [0, 0.05) is 25.3 Å². The third-order valence-electron chi connectivity index (χ3n) is 10.3. The van der Waals surface area contributed by atoms with Crippen LogP contribution in [0.15, 0.2) is 48.6 Å². The molecule has 9 nitrogen and oxygen atoms in total. The van der Waals surface area contributed by atoms with Crippen LogP contribution in [-0.2, 0) is 19.1 Å². The number of hydrogen-bond acceptors (Lipinski definition) is 6. The van der Waals surface area contributed by atoms with Crippen LogP contribution < -0.4 is 9.64 Å². The van der Waals surface area contributed by atoms with E-state index in [0.717, 1.165) is 31.4 Å². The van der Waals surface area contributed by atoms with Crippen molar-refractivity contribution in [1.82, 2.24) is 9.80 Å². The fraction of sp³-hybridized carbons (Fsp3) is 0.629. The number of unbranched alkanes of at least 4 members (excludes halogenated alkanes) is 2. The van der Waals surface area contributed by atoms with Crippen LogP contribution in [0.25, 0.3) is 0 Å². The van der Waals surface area contributed by atoms with Gasteiger partial charge in [-0.1, -0.05) is 71.3 Å². The Morgan fingerprint density at radius 1 is 0.955 bits per heavy atom. The molecule has 2 saturated heterocycles. The third-order valence-corrected chi connectivity index (χ3v) is 10.3. The zero-order chi connectivity index (χ0) is 31.6. The molecule has 5 rings (SSSR count). The molecule has 3 amide bonds. The smallest absolute Gasteiger partial charge is 0.249 e. The van der Waals surface area contributed by atoms with Crippen molar-refractivity contribution in [3.8, 4) is 5.75 Å². The number of amides is 3. The summed E-state index contributed by atoms with van der Waals surface area (Å²) in [6, 6.07) is 5.86. The number of fused-ring (bicyclic) bond motifs is 2. The van der Waals surface area contributed by atoms with Gasteiger partial charge in [-0.15, -0.1) is 0 Å². The van der Waals surface area contributed by atoms with Crippen LogP contribution in [0.1, 0.15) is 66.7 Å². The van der Waals surface area contributed by atoms with Crippen molar-refractivity contribution in [1.29, 1.82) is 0 Å². The molecule has 0 saturated carbocycles. The highest BCUT2D eigenvalue weighted by molar-refractivity contribution is 6.04. The predicted octanol–water partition coefficient (Wildman–Crippen LogP) is 4.34. The summed E-state index contributed by atoms with van der Waals surface area (Å²) in [6.45, 7) is 11.6. The fourth-order valence-corrected chi connectivity index (χ4v) is 7.79. The molecule has 0 bridgehead atoms. The van der Waals surface area contributed by atoms with Gasteiger partial charge in [0.25, 0.3) is 0 Å².